The standard InChI is InChI=1S/C71H123N11O12/c1-25-28-30-32-51-65(88)75(18)50(36-33-41(4)5)62(85)74-57(45(12)13)69(92)79(22)54(39-44(10)11)63(86)72-47(16)61(84)73-48(17)64(87)76(19)52(37-34-42(6)7)66(89)77(20)53(38-35-43(8)9)67(90)80(23)58(46(14)15)70(93)81(24)59-60(83)49(31-29-26-2)56-40-82(56,71(59)94)55(27-3)68(91)78(51)21/h25-26,29,41-60,83H,1,27-28,30-40H2,2-24H3,(H2-,72,73,74,84,85,86)/p+1/b29-26+/t47-,48+,49-,50-,51?,52-,53-,54-,55-,56?,57-,58-,59?,60+,82?/m0/s1. The zero-order chi connectivity index (χ0) is 71.9. The number of allylic oxidation sites excluding steroid dienone is 3. The van der Waals surface area contributed by atoms with Gasteiger partial charge < -0.3 is 55.4 Å². The van der Waals surface area contributed by atoms with Crippen LogP contribution in [0.15, 0.2) is 24.8 Å². The minimum absolute atomic E-state index is 0.0805. The normalized spacial score (nSPS) is 30.5. The van der Waals surface area contributed by atoms with Crippen LogP contribution in [0.2, 0.25) is 0 Å². The van der Waals surface area contributed by atoms with Gasteiger partial charge in [0.05, 0.1) is 6.10 Å². The lowest BCUT2D eigenvalue weighted by atomic mass is 9.84. The summed E-state index contributed by atoms with van der Waals surface area (Å²) in [7, 11) is 10.4. The molecule has 0 aromatic carbocycles. The van der Waals surface area contributed by atoms with E-state index >= 15 is 33.6 Å². The zero-order valence-electron chi connectivity index (χ0n) is 61.7. The third-order valence-corrected chi connectivity index (χ3v) is 20.0. The highest BCUT2D eigenvalue weighted by atomic mass is 16.3. The van der Waals surface area contributed by atoms with Crippen molar-refractivity contribution in [2.75, 3.05) is 55.9 Å². The molecule has 15 atom stereocenters. The summed E-state index contributed by atoms with van der Waals surface area (Å²) < 4.78 is -0.396. The average molecular weight is 1320 g/mol. The van der Waals surface area contributed by atoms with E-state index in [-0.39, 0.29) is 68.7 Å². The second-order valence-electron chi connectivity index (χ2n) is 29.7. The fourth-order valence-electron chi connectivity index (χ4n) is 14.0. The molecule has 0 aromatic rings. The second-order valence-corrected chi connectivity index (χ2v) is 29.7. The number of aliphatic hydroxyl groups is 1. The molecule has 3 saturated heterocycles. The van der Waals surface area contributed by atoms with Crippen molar-refractivity contribution in [3.05, 3.63) is 24.8 Å². The summed E-state index contributed by atoms with van der Waals surface area (Å²) in [5.41, 5.74) is 0. The fraction of sp³-hybridized carbons (Fsp3) is 0.789. The van der Waals surface area contributed by atoms with Crippen LogP contribution in [0, 0.1) is 41.4 Å². The molecule has 2 bridgehead atoms. The van der Waals surface area contributed by atoms with Gasteiger partial charge in [0.1, 0.15) is 60.9 Å². The largest absolute Gasteiger partial charge is 0.390 e. The first-order chi connectivity index (χ1) is 43.7. The number of aliphatic hydroxyl groups excluding tert-OH is 1. The van der Waals surface area contributed by atoms with E-state index in [1.165, 1.54) is 97.5 Å². The molecule has 4 N–H and O–H groups in total. The monoisotopic (exact) mass is 1320 g/mol. The molecule has 1 spiro atoms. The summed E-state index contributed by atoms with van der Waals surface area (Å²) in [4.78, 5) is 175. The topological polar surface area (TPSA) is 267 Å². The number of likely N-dealkylation sites (N-methyl/N-ethyl adjacent to an activating group) is 7. The van der Waals surface area contributed by atoms with Crippen molar-refractivity contribution in [1.29, 1.82) is 0 Å². The molecule has 0 aromatic heterocycles. The van der Waals surface area contributed by atoms with E-state index in [9.17, 15) is 24.3 Å². The van der Waals surface area contributed by atoms with Gasteiger partial charge in [0.2, 0.25) is 53.2 Å². The van der Waals surface area contributed by atoms with E-state index in [4.69, 9.17) is 0 Å². The van der Waals surface area contributed by atoms with Crippen LogP contribution in [0.5, 0.6) is 0 Å². The zero-order valence-corrected chi connectivity index (χ0v) is 61.7. The van der Waals surface area contributed by atoms with Crippen LogP contribution in [0.3, 0.4) is 0 Å². The lowest BCUT2D eigenvalue weighted by molar-refractivity contribution is -0.763. The molecular weight excluding hydrogens is 1200 g/mol. The summed E-state index contributed by atoms with van der Waals surface area (Å²) >= 11 is 0. The molecule has 3 fully saturated rings. The maximum Gasteiger partial charge on any atom is 0.340 e. The third kappa shape index (κ3) is 19.7. The van der Waals surface area contributed by atoms with E-state index in [2.05, 4.69) is 22.5 Å². The van der Waals surface area contributed by atoms with Gasteiger partial charge in [-0.1, -0.05) is 108 Å². The highest BCUT2D eigenvalue weighted by Gasteiger charge is 2.76. The number of rotatable bonds is 20. The Morgan fingerprint density at radius 3 is 1.44 bits per heavy atom. The van der Waals surface area contributed by atoms with E-state index in [1.807, 2.05) is 74.5 Å². The maximum absolute atomic E-state index is 15.8. The van der Waals surface area contributed by atoms with Crippen molar-refractivity contribution in [3.63, 3.8) is 0 Å². The molecule has 0 saturated carbocycles. The van der Waals surface area contributed by atoms with Crippen molar-refractivity contribution in [2.24, 2.45) is 41.4 Å². The lowest BCUT2D eigenvalue weighted by Crippen LogP contribution is -2.69. The third-order valence-electron chi connectivity index (χ3n) is 20.0. The summed E-state index contributed by atoms with van der Waals surface area (Å²) in [6.07, 6.45) is 7.78. The second kappa shape index (κ2) is 36.2. The number of hydrogen-bond donors (Lipinski definition) is 4. The number of piperidine rings is 1. The van der Waals surface area contributed by atoms with Gasteiger partial charge in [-0.3, -0.25) is 47.9 Å². The molecule has 0 radical (unpaired) electrons. The van der Waals surface area contributed by atoms with Crippen molar-refractivity contribution in [3.8, 4) is 0 Å². The average Bonchev–Trinajstić information content (AvgIpc) is 1.52. The minimum Gasteiger partial charge on any atom is -0.390 e. The van der Waals surface area contributed by atoms with E-state index in [0.29, 0.717) is 38.5 Å². The van der Waals surface area contributed by atoms with Crippen LogP contribution in [-0.2, 0) is 52.7 Å². The fourth-order valence-corrected chi connectivity index (χ4v) is 14.0. The number of hydrogen-bond acceptors (Lipinski definition) is 12. The molecule has 3 aliphatic rings. The number of nitrogens with zero attached hydrogens (tertiary/aromatic N) is 8. The smallest absolute Gasteiger partial charge is 0.340 e. The molecule has 3 heterocycles. The number of nitrogens with one attached hydrogen (secondary N) is 3. The van der Waals surface area contributed by atoms with Crippen LogP contribution in [-0.4, -0.2) is 243 Å². The van der Waals surface area contributed by atoms with Gasteiger partial charge in [-0.25, -0.2) is 9.28 Å². The van der Waals surface area contributed by atoms with Crippen LogP contribution in [0.4, 0.5) is 0 Å². The highest BCUT2D eigenvalue weighted by molar-refractivity contribution is 5.99. The molecule has 94 heavy (non-hydrogen) atoms. The number of carbonyl (C=O) groups excluding carboxylic acids is 11. The maximum atomic E-state index is 15.8. The Labute approximate surface area is 563 Å². The van der Waals surface area contributed by atoms with E-state index < -0.39 is 166 Å². The first kappa shape index (κ1) is 82.0. The molecule has 3 rings (SSSR count). The van der Waals surface area contributed by atoms with Crippen LogP contribution < -0.4 is 16.0 Å². The molecule has 11 amide bonds. The highest BCUT2D eigenvalue weighted by Crippen LogP contribution is 2.50. The van der Waals surface area contributed by atoms with Crippen LogP contribution in [0.1, 0.15) is 188 Å². The number of carbonyl (C=O) groups is 11. The number of amides is 11. The number of unbranched alkanes of at least 4 members (excludes halogenated alkanes) is 1. The van der Waals surface area contributed by atoms with Crippen LogP contribution >= 0.6 is 0 Å². The summed E-state index contributed by atoms with van der Waals surface area (Å²) in [6.45, 7) is 33.3. The predicted octanol–water partition coefficient (Wildman–Crippen LogP) is 5.77. The van der Waals surface area contributed by atoms with Crippen molar-refractivity contribution in [1.82, 2.24) is 50.2 Å². The first-order valence-corrected chi connectivity index (χ1v) is 34.8. The summed E-state index contributed by atoms with van der Waals surface area (Å²) in [6, 6.07) is -13.7. The Kier molecular flexibility index (Phi) is 31.6. The first-order valence-electron chi connectivity index (χ1n) is 34.8. The predicted molar refractivity (Wildman–Crippen MR) is 365 cm³/mol. The molecule has 23 nitrogen and oxygen atoms in total. The molecule has 23 heteroatoms. The van der Waals surface area contributed by atoms with Gasteiger partial charge in [0.15, 0.2) is 18.1 Å². The Morgan fingerprint density at radius 1 is 0.521 bits per heavy atom. The van der Waals surface area contributed by atoms with Gasteiger partial charge in [0, 0.05) is 61.7 Å². The summed E-state index contributed by atoms with van der Waals surface area (Å²) in [5.74, 6) is -8.21. The molecule has 4 unspecified atom stereocenters. The Morgan fingerprint density at radius 2 is 0.968 bits per heavy atom. The van der Waals surface area contributed by atoms with Crippen molar-refractivity contribution in [2.45, 2.75) is 266 Å². The van der Waals surface area contributed by atoms with Crippen molar-refractivity contribution < 1.29 is 62.3 Å². The van der Waals surface area contributed by atoms with E-state index in [0.717, 1.165) is 0 Å². The van der Waals surface area contributed by atoms with Gasteiger partial charge in [-0.15, -0.1) is 6.58 Å². The van der Waals surface area contributed by atoms with E-state index in [1.54, 1.807) is 40.7 Å². The number of fused-ring (bicyclic) bond motifs is 1. The number of quaternary nitrogens is 1. The van der Waals surface area contributed by atoms with Gasteiger partial charge in [-0.2, -0.15) is 0 Å². The quantitative estimate of drug-likeness (QED) is 0.0490. The molecule has 3 aliphatic heterocycles. The molecule has 0 aliphatic carbocycles. The Balaban J connectivity index is 2.44. The Bertz CT molecular complexity index is 2680. The lowest BCUT2D eigenvalue weighted by Gasteiger charge is -2.45. The Hall–Kier alpha value is -6.23. The molecule has 534 valence electrons. The van der Waals surface area contributed by atoms with Gasteiger partial charge in [0.25, 0.3) is 5.91 Å². The van der Waals surface area contributed by atoms with Gasteiger partial charge in [-0.05, 0) is 127 Å². The van der Waals surface area contributed by atoms with Gasteiger partial charge >= 0.3 is 5.91 Å². The minimum atomic E-state index is -1.49. The van der Waals surface area contributed by atoms with Crippen LogP contribution in [0.25, 0.3) is 0 Å². The molecular formula is C71H124N11O12+. The SMILES string of the molecule is C=CCCCC1C(=O)N(C)[C@@H](CCC(C)C)C(=O)N[C@@H](C(C)C)C(=O)N(C)[C@@H](CC(C)C)C(=O)N[C@@H](C)C(=O)N[C@H](C)C(=O)N(C)[C@@H](CCC(C)C)C(=O)N(C)[C@@H](CCC(C)C)C(=O)N(C)[C@@H](C(C)C)C(=O)N(C)C2C(=O)[N+]3(CC3[C@H](C/C=C/C)[C@H]2O)[C@@H](CC)C(=O)N1C. The summed E-state index contributed by atoms with van der Waals surface area (Å²) in [5, 5.41) is 21.0. The van der Waals surface area contributed by atoms with Crippen molar-refractivity contribution >= 4 is 65.0 Å².